The van der Waals surface area contributed by atoms with Gasteiger partial charge in [-0.25, -0.2) is 0 Å². The number of hydrogen-bond donors (Lipinski definition) is 1. The monoisotopic (exact) mass is 391 g/mol. The van der Waals surface area contributed by atoms with Gasteiger partial charge < -0.3 is 5.32 Å². The zero-order valence-corrected chi connectivity index (χ0v) is 16.1. The van der Waals surface area contributed by atoms with Gasteiger partial charge in [-0.3, -0.25) is 4.79 Å². The van der Waals surface area contributed by atoms with Crippen molar-refractivity contribution in [1.82, 2.24) is 5.32 Å². The fraction of sp³-hybridized carbons (Fsp3) is 0.316. The molecule has 0 spiro atoms. The van der Waals surface area contributed by atoms with Gasteiger partial charge in [0.2, 0.25) is 5.91 Å². The van der Waals surface area contributed by atoms with Gasteiger partial charge in [-0.2, -0.15) is 0 Å². The Balaban J connectivity index is 1.81. The van der Waals surface area contributed by atoms with Crippen LogP contribution in [0.25, 0.3) is 0 Å². The Morgan fingerprint density at radius 3 is 2.52 bits per heavy atom. The summed E-state index contributed by atoms with van der Waals surface area (Å²) in [4.78, 5) is 12.1. The minimum Gasteiger partial charge on any atom is -0.349 e. The second-order valence-corrected chi connectivity index (χ2v) is 7.67. The summed E-state index contributed by atoms with van der Waals surface area (Å²) < 4.78 is 1.08. The Morgan fingerprint density at radius 1 is 1.17 bits per heavy atom. The smallest absolute Gasteiger partial charge is 0.230 e. The molecule has 0 bridgehead atoms. The largest absolute Gasteiger partial charge is 0.349 e. The first kappa shape index (κ1) is 18.1. The maximum atomic E-state index is 12.1. The Hall–Kier alpha value is -1.26. The van der Waals surface area contributed by atoms with E-state index in [-0.39, 0.29) is 11.9 Å². The van der Waals surface area contributed by atoms with Crippen molar-refractivity contribution in [3.05, 3.63) is 69.2 Å². The zero-order valence-electron chi connectivity index (χ0n) is 13.7. The third kappa shape index (κ3) is 5.70. The Labute approximate surface area is 151 Å². The van der Waals surface area contributed by atoms with Crippen LogP contribution >= 0.6 is 27.7 Å². The predicted molar refractivity (Wildman–Crippen MR) is 103 cm³/mol. The minimum absolute atomic E-state index is 0.0383. The van der Waals surface area contributed by atoms with Crippen LogP contribution in [-0.4, -0.2) is 11.7 Å². The van der Waals surface area contributed by atoms with Crippen molar-refractivity contribution in [2.75, 3.05) is 5.75 Å². The van der Waals surface area contributed by atoms with Crippen LogP contribution in [0.2, 0.25) is 0 Å². The Kier molecular flexibility index (Phi) is 6.72. The second kappa shape index (κ2) is 8.55. The molecule has 2 aromatic carbocycles. The van der Waals surface area contributed by atoms with E-state index in [2.05, 4.69) is 65.4 Å². The summed E-state index contributed by atoms with van der Waals surface area (Å²) in [5, 5.41) is 3.08. The van der Waals surface area contributed by atoms with Gasteiger partial charge in [0.1, 0.15) is 0 Å². The maximum Gasteiger partial charge on any atom is 0.230 e. The van der Waals surface area contributed by atoms with Gasteiger partial charge in [0, 0.05) is 10.2 Å². The molecule has 2 nitrogen and oxygen atoms in total. The van der Waals surface area contributed by atoms with Crippen molar-refractivity contribution in [3.8, 4) is 0 Å². The van der Waals surface area contributed by atoms with Crippen molar-refractivity contribution < 1.29 is 4.79 Å². The molecule has 0 saturated carbocycles. The van der Waals surface area contributed by atoms with E-state index in [9.17, 15) is 4.79 Å². The van der Waals surface area contributed by atoms with E-state index >= 15 is 0 Å². The first-order valence-electron chi connectivity index (χ1n) is 7.64. The van der Waals surface area contributed by atoms with Gasteiger partial charge >= 0.3 is 0 Å². The molecule has 0 aliphatic rings. The van der Waals surface area contributed by atoms with Crippen molar-refractivity contribution >= 4 is 33.6 Å². The summed E-state index contributed by atoms with van der Waals surface area (Å²) >= 11 is 5.06. The Morgan fingerprint density at radius 2 is 1.87 bits per heavy atom. The number of carbonyl (C=O) groups is 1. The summed E-state index contributed by atoms with van der Waals surface area (Å²) in [5.74, 6) is 1.41. The summed E-state index contributed by atoms with van der Waals surface area (Å²) in [5.41, 5.74) is 4.88. The molecule has 0 aliphatic carbocycles. The van der Waals surface area contributed by atoms with E-state index in [4.69, 9.17) is 0 Å². The summed E-state index contributed by atoms with van der Waals surface area (Å²) in [6, 6.07) is 14.6. The van der Waals surface area contributed by atoms with Crippen molar-refractivity contribution in [2.45, 2.75) is 32.6 Å². The van der Waals surface area contributed by atoms with E-state index in [1.807, 2.05) is 19.1 Å². The lowest BCUT2D eigenvalue weighted by atomic mass is 10.0. The number of carbonyl (C=O) groups excluding carboxylic acids is 1. The quantitative estimate of drug-likeness (QED) is 0.734. The lowest BCUT2D eigenvalue weighted by Gasteiger charge is -2.17. The van der Waals surface area contributed by atoms with E-state index in [1.165, 1.54) is 22.3 Å². The van der Waals surface area contributed by atoms with Gasteiger partial charge in [-0.1, -0.05) is 51.8 Å². The van der Waals surface area contributed by atoms with Crippen molar-refractivity contribution in [1.29, 1.82) is 0 Å². The standard InChI is InChI=1S/C19H22BrNOS/c1-13-4-9-18(14(2)10-13)15(3)21-19(22)12-23-11-16-5-7-17(20)8-6-16/h4-10,15H,11-12H2,1-3H3,(H,21,22). The molecule has 0 fully saturated rings. The molecule has 0 saturated heterocycles. The highest BCUT2D eigenvalue weighted by Gasteiger charge is 2.11. The lowest BCUT2D eigenvalue weighted by molar-refractivity contribution is -0.119. The number of benzene rings is 2. The first-order chi connectivity index (χ1) is 11.0. The van der Waals surface area contributed by atoms with Crippen LogP contribution in [0.3, 0.4) is 0 Å². The molecule has 122 valence electrons. The molecule has 0 aliphatic heterocycles. The van der Waals surface area contributed by atoms with Crippen LogP contribution in [-0.2, 0) is 10.5 Å². The predicted octanol–water partition coefficient (Wildman–Crippen LogP) is 5.18. The molecule has 0 radical (unpaired) electrons. The summed E-state index contributed by atoms with van der Waals surface area (Å²) in [7, 11) is 0. The van der Waals surface area contributed by atoms with E-state index < -0.39 is 0 Å². The molecule has 1 N–H and O–H groups in total. The van der Waals surface area contributed by atoms with E-state index in [0.717, 1.165) is 10.2 Å². The van der Waals surface area contributed by atoms with Crippen molar-refractivity contribution in [2.24, 2.45) is 0 Å². The maximum absolute atomic E-state index is 12.1. The zero-order chi connectivity index (χ0) is 16.8. The van der Waals surface area contributed by atoms with E-state index in [0.29, 0.717) is 5.75 Å². The normalized spacial score (nSPS) is 12.0. The number of rotatable bonds is 6. The molecule has 2 aromatic rings. The highest BCUT2D eigenvalue weighted by atomic mass is 79.9. The SMILES string of the molecule is Cc1ccc(C(C)NC(=O)CSCc2ccc(Br)cc2)c(C)c1. The number of thioether (sulfide) groups is 1. The molecule has 23 heavy (non-hydrogen) atoms. The third-order valence-corrected chi connectivity index (χ3v) is 5.22. The van der Waals surface area contributed by atoms with Crippen LogP contribution in [0.4, 0.5) is 0 Å². The summed E-state index contributed by atoms with van der Waals surface area (Å²) in [6.45, 7) is 6.21. The number of halogens is 1. The molecule has 0 aromatic heterocycles. The number of amides is 1. The fourth-order valence-electron chi connectivity index (χ4n) is 2.51. The number of nitrogens with one attached hydrogen (secondary N) is 1. The van der Waals surface area contributed by atoms with Gasteiger partial charge in [0.05, 0.1) is 11.8 Å². The Bertz CT molecular complexity index is 670. The molecule has 1 unspecified atom stereocenters. The molecule has 4 heteroatoms. The van der Waals surface area contributed by atoms with Gasteiger partial charge in [0.15, 0.2) is 0 Å². The average molecular weight is 392 g/mol. The number of aryl methyl sites for hydroxylation is 2. The van der Waals surface area contributed by atoms with E-state index in [1.54, 1.807) is 11.8 Å². The van der Waals surface area contributed by atoms with Crippen LogP contribution < -0.4 is 5.32 Å². The average Bonchev–Trinajstić information content (AvgIpc) is 2.49. The number of hydrogen-bond acceptors (Lipinski definition) is 2. The van der Waals surface area contributed by atoms with Crippen LogP contribution in [0.15, 0.2) is 46.9 Å². The topological polar surface area (TPSA) is 29.1 Å². The molecule has 0 heterocycles. The van der Waals surface area contributed by atoms with Crippen LogP contribution in [0.1, 0.15) is 35.2 Å². The minimum atomic E-state index is 0.0383. The lowest BCUT2D eigenvalue weighted by Crippen LogP contribution is -2.28. The third-order valence-electron chi connectivity index (χ3n) is 3.68. The molecule has 2 rings (SSSR count). The highest BCUT2D eigenvalue weighted by Crippen LogP contribution is 2.19. The fourth-order valence-corrected chi connectivity index (χ4v) is 3.58. The second-order valence-electron chi connectivity index (χ2n) is 5.77. The van der Waals surface area contributed by atoms with Gasteiger partial charge in [0.25, 0.3) is 0 Å². The first-order valence-corrected chi connectivity index (χ1v) is 9.59. The van der Waals surface area contributed by atoms with Gasteiger partial charge in [-0.15, -0.1) is 11.8 Å². The van der Waals surface area contributed by atoms with Gasteiger partial charge in [-0.05, 0) is 49.6 Å². The molecule has 1 atom stereocenters. The van der Waals surface area contributed by atoms with Crippen LogP contribution in [0, 0.1) is 13.8 Å². The highest BCUT2D eigenvalue weighted by molar-refractivity contribution is 9.10. The summed E-state index contributed by atoms with van der Waals surface area (Å²) in [6.07, 6.45) is 0. The molecule has 1 amide bonds. The molecular weight excluding hydrogens is 370 g/mol. The van der Waals surface area contributed by atoms with Crippen molar-refractivity contribution in [3.63, 3.8) is 0 Å². The van der Waals surface area contributed by atoms with Crippen LogP contribution in [0.5, 0.6) is 0 Å². The molecular formula is C19H22BrNOS.